The smallest absolute Gasteiger partial charge is 0.335 e. The van der Waals surface area contributed by atoms with Gasteiger partial charge in [-0.05, 0) is 24.3 Å². The maximum atomic E-state index is 11.6. The number of hydrogen-bond donors (Lipinski definition) is 2. The molecule has 0 radical (unpaired) electrons. The van der Waals surface area contributed by atoms with Gasteiger partial charge in [-0.15, -0.1) is 0 Å². The van der Waals surface area contributed by atoms with E-state index in [-0.39, 0.29) is 23.4 Å². The van der Waals surface area contributed by atoms with Crippen LogP contribution in [0.3, 0.4) is 0 Å². The number of carbonyl (C=O) groups is 2. The molecular weight excluding hydrogens is 258 g/mol. The molecule has 6 nitrogen and oxygen atoms in total. The minimum Gasteiger partial charge on any atom is -0.478 e. The average molecular weight is 271 g/mol. The maximum Gasteiger partial charge on any atom is 0.335 e. The summed E-state index contributed by atoms with van der Waals surface area (Å²) in [6.45, 7) is 0.0261. The molecule has 0 aliphatic carbocycles. The molecule has 0 aromatic heterocycles. The van der Waals surface area contributed by atoms with Crippen LogP contribution >= 0.6 is 0 Å². The van der Waals surface area contributed by atoms with Crippen molar-refractivity contribution in [1.82, 2.24) is 5.32 Å². The number of amides is 1. The first kappa shape index (κ1) is 14.2. The Morgan fingerprint density at radius 1 is 1.17 bits per heavy atom. The summed E-state index contributed by atoms with van der Waals surface area (Å²) in [5.74, 6) is -1.64. The van der Waals surface area contributed by atoms with Crippen LogP contribution in [0.25, 0.3) is 0 Å². The Morgan fingerprint density at radius 2 is 1.67 bits per heavy atom. The van der Waals surface area contributed by atoms with Crippen molar-refractivity contribution in [2.75, 3.05) is 18.6 Å². The lowest BCUT2D eigenvalue weighted by molar-refractivity contribution is 0.0696. The van der Waals surface area contributed by atoms with Gasteiger partial charge in [0.2, 0.25) is 0 Å². The summed E-state index contributed by atoms with van der Waals surface area (Å²) in [6.07, 6.45) is 1.08. The first-order valence-corrected chi connectivity index (χ1v) is 7.15. The predicted molar refractivity (Wildman–Crippen MR) is 65.4 cm³/mol. The van der Waals surface area contributed by atoms with Crippen LogP contribution in [0.15, 0.2) is 24.3 Å². The van der Waals surface area contributed by atoms with E-state index in [0.29, 0.717) is 0 Å². The Balaban J connectivity index is 2.59. The maximum absolute atomic E-state index is 11.6. The number of carbonyl (C=O) groups excluding carboxylic acids is 1. The minimum atomic E-state index is -3.11. The summed E-state index contributed by atoms with van der Waals surface area (Å²) in [5, 5.41) is 11.1. The average Bonchev–Trinajstić information content (AvgIpc) is 2.27. The normalized spacial score (nSPS) is 10.9. The topological polar surface area (TPSA) is 101 Å². The monoisotopic (exact) mass is 271 g/mol. The first-order chi connectivity index (χ1) is 8.29. The van der Waals surface area contributed by atoms with E-state index in [2.05, 4.69) is 5.32 Å². The molecule has 0 saturated heterocycles. The highest BCUT2D eigenvalue weighted by molar-refractivity contribution is 7.90. The van der Waals surface area contributed by atoms with E-state index >= 15 is 0 Å². The number of sulfone groups is 1. The number of carboxylic acid groups (broad SMARTS) is 1. The van der Waals surface area contributed by atoms with Crippen LogP contribution in [-0.4, -0.2) is 44.0 Å². The minimum absolute atomic E-state index is 0.0261. The van der Waals surface area contributed by atoms with E-state index in [1.807, 2.05) is 0 Å². The number of carboxylic acids is 1. The Bertz CT molecular complexity index is 547. The van der Waals surface area contributed by atoms with Crippen molar-refractivity contribution in [2.24, 2.45) is 0 Å². The molecule has 1 aromatic rings. The van der Waals surface area contributed by atoms with Gasteiger partial charge in [0.15, 0.2) is 0 Å². The summed E-state index contributed by atoms with van der Waals surface area (Å²) in [4.78, 5) is 22.2. The van der Waals surface area contributed by atoms with Crippen molar-refractivity contribution < 1.29 is 23.1 Å². The summed E-state index contributed by atoms with van der Waals surface area (Å²) in [7, 11) is -3.11. The third kappa shape index (κ3) is 4.54. The lowest BCUT2D eigenvalue weighted by Crippen LogP contribution is -2.28. The SMILES string of the molecule is CS(=O)(=O)CCNC(=O)c1ccc(C(=O)O)cc1. The van der Waals surface area contributed by atoms with Gasteiger partial charge in [0.25, 0.3) is 5.91 Å². The second-order valence-electron chi connectivity index (χ2n) is 3.77. The zero-order valence-corrected chi connectivity index (χ0v) is 10.5. The molecule has 0 fully saturated rings. The molecule has 18 heavy (non-hydrogen) atoms. The molecule has 1 aromatic carbocycles. The largest absolute Gasteiger partial charge is 0.478 e. The fourth-order valence-corrected chi connectivity index (χ4v) is 1.69. The molecule has 0 aliphatic rings. The summed E-state index contributed by atoms with van der Waals surface area (Å²) < 4.78 is 21.7. The fraction of sp³-hybridized carbons (Fsp3) is 0.273. The lowest BCUT2D eigenvalue weighted by Gasteiger charge is -2.04. The molecule has 0 saturated carbocycles. The Hall–Kier alpha value is -1.89. The van der Waals surface area contributed by atoms with Crippen molar-refractivity contribution in [1.29, 1.82) is 0 Å². The van der Waals surface area contributed by atoms with Crippen LogP contribution in [-0.2, 0) is 9.84 Å². The van der Waals surface area contributed by atoms with Gasteiger partial charge in [0, 0.05) is 18.4 Å². The van der Waals surface area contributed by atoms with Gasteiger partial charge < -0.3 is 10.4 Å². The third-order valence-electron chi connectivity index (χ3n) is 2.15. The van der Waals surface area contributed by atoms with Gasteiger partial charge in [-0.1, -0.05) is 0 Å². The van der Waals surface area contributed by atoms with Gasteiger partial charge in [-0.25, -0.2) is 13.2 Å². The molecule has 0 spiro atoms. The van der Waals surface area contributed by atoms with Gasteiger partial charge in [-0.2, -0.15) is 0 Å². The highest BCUT2D eigenvalue weighted by Crippen LogP contribution is 2.04. The molecule has 2 N–H and O–H groups in total. The standard InChI is InChI=1S/C11H13NO5S/c1-18(16,17)7-6-12-10(13)8-2-4-9(5-3-8)11(14)15/h2-5H,6-7H2,1H3,(H,12,13)(H,14,15). The summed E-state index contributed by atoms with van der Waals surface area (Å²) in [6, 6.07) is 5.38. The Kier molecular flexibility index (Phi) is 4.43. The van der Waals surface area contributed by atoms with Crippen LogP contribution in [0.4, 0.5) is 0 Å². The lowest BCUT2D eigenvalue weighted by atomic mass is 10.1. The first-order valence-electron chi connectivity index (χ1n) is 5.09. The third-order valence-corrected chi connectivity index (χ3v) is 3.10. The summed E-state index contributed by atoms with van der Waals surface area (Å²) in [5.41, 5.74) is 0.371. The van der Waals surface area contributed by atoms with Crippen molar-refractivity contribution >= 4 is 21.7 Å². The predicted octanol–water partition coefficient (Wildman–Crippen LogP) is 0.159. The summed E-state index contributed by atoms with van der Waals surface area (Å²) >= 11 is 0. The van der Waals surface area contributed by atoms with Gasteiger partial charge in [-0.3, -0.25) is 4.79 Å². The number of hydrogen-bond acceptors (Lipinski definition) is 4. The van der Waals surface area contributed by atoms with Crippen LogP contribution in [0.2, 0.25) is 0 Å². The zero-order valence-electron chi connectivity index (χ0n) is 9.71. The van der Waals surface area contributed by atoms with Gasteiger partial charge in [0.1, 0.15) is 9.84 Å². The molecule has 1 amide bonds. The molecular formula is C11H13NO5S. The molecule has 7 heteroatoms. The van der Waals surface area contributed by atoms with E-state index < -0.39 is 21.7 Å². The second kappa shape index (κ2) is 5.63. The van der Waals surface area contributed by atoms with Crippen molar-refractivity contribution in [3.8, 4) is 0 Å². The molecule has 0 bridgehead atoms. The van der Waals surface area contributed by atoms with Gasteiger partial charge >= 0.3 is 5.97 Å². The molecule has 0 atom stereocenters. The Labute approximate surface area is 105 Å². The molecule has 98 valence electrons. The number of rotatable bonds is 5. The van der Waals surface area contributed by atoms with Crippen molar-refractivity contribution in [2.45, 2.75) is 0 Å². The highest BCUT2D eigenvalue weighted by atomic mass is 32.2. The van der Waals surface area contributed by atoms with E-state index in [1.165, 1.54) is 24.3 Å². The van der Waals surface area contributed by atoms with Crippen LogP contribution in [0.1, 0.15) is 20.7 Å². The van der Waals surface area contributed by atoms with Crippen LogP contribution < -0.4 is 5.32 Å². The molecule has 0 heterocycles. The van der Waals surface area contributed by atoms with E-state index in [1.54, 1.807) is 0 Å². The van der Waals surface area contributed by atoms with Crippen molar-refractivity contribution in [3.63, 3.8) is 0 Å². The van der Waals surface area contributed by atoms with E-state index in [4.69, 9.17) is 5.11 Å². The Morgan fingerprint density at radius 3 is 2.11 bits per heavy atom. The fourth-order valence-electron chi connectivity index (χ4n) is 1.22. The van der Waals surface area contributed by atoms with E-state index in [9.17, 15) is 18.0 Å². The zero-order chi connectivity index (χ0) is 13.8. The molecule has 1 rings (SSSR count). The van der Waals surface area contributed by atoms with E-state index in [0.717, 1.165) is 6.26 Å². The van der Waals surface area contributed by atoms with Crippen LogP contribution in [0.5, 0.6) is 0 Å². The molecule has 0 aliphatic heterocycles. The second-order valence-corrected chi connectivity index (χ2v) is 6.03. The highest BCUT2D eigenvalue weighted by Gasteiger charge is 2.08. The quantitative estimate of drug-likeness (QED) is 0.794. The molecule has 0 unspecified atom stereocenters. The number of aromatic carboxylic acids is 1. The number of benzene rings is 1. The van der Waals surface area contributed by atoms with Crippen molar-refractivity contribution in [3.05, 3.63) is 35.4 Å². The van der Waals surface area contributed by atoms with Crippen LogP contribution in [0, 0.1) is 0 Å². The number of nitrogens with one attached hydrogen (secondary N) is 1. The van der Waals surface area contributed by atoms with Gasteiger partial charge in [0.05, 0.1) is 11.3 Å².